The van der Waals surface area contributed by atoms with Gasteiger partial charge in [-0.2, -0.15) is 0 Å². The first-order valence-electron chi connectivity index (χ1n) is 6.03. The van der Waals surface area contributed by atoms with Crippen molar-refractivity contribution < 1.29 is 19.0 Å². The van der Waals surface area contributed by atoms with E-state index in [0.29, 0.717) is 51.7 Å². The average molecular weight is 311 g/mol. The zero-order chi connectivity index (χ0) is 12.8. The van der Waals surface area contributed by atoms with E-state index in [9.17, 15) is 4.79 Å². The van der Waals surface area contributed by atoms with Crippen molar-refractivity contribution in [2.24, 2.45) is 0 Å². The topological polar surface area (TPSA) is 44.8 Å². The maximum absolute atomic E-state index is 11.3. The Hall–Kier alpha value is 0.0300. The predicted octanol–water partition coefficient (Wildman–Crippen LogP) is 2.19. The summed E-state index contributed by atoms with van der Waals surface area (Å²) in [7, 11) is 1.65. The molecule has 0 heterocycles. The number of alkyl halides is 1. The van der Waals surface area contributed by atoms with E-state index in [-0.39, 0.29) is 0 Å². The van der Waals surface area contributed by atoms with Gasteiger partial charge in [0.2, 0.25) is 0 Å². The van der Waals surface area contributed by atoms with Gasteiger partial charge in [0.25, 0.3) is 0 Å². The third kappa shape index (κ3) is 14.0. The van der Waals surface area contributed by atoms with Gasteiger partial charge in [0.1, 0.15) is 5.78 Å². The number of rotatable bonds is 13. The van der Waals surface area contributed by atoms with Gasteiger partial charge < -0.3 is 14.2 Å². The van der Waals surface area contributed by atoms with Gasteiger partial charge in [-0.25, -0.2) is 0 Å². The van der Waals surface area contributed by atoms with Crippen molar-refractivity contribution in [2.45, 2.75) is 25.7 Å². The molecule has 0 saturated carbocycles. The summed E-state index contributed by atoms with van der Waals surface area (Å²) in [5, 5.41) is 0.897. The molecule has 0 rings (SSSR count). The Balaban J connectivity index is 3.05. The summed E-state index contributed by atoms with van der Waals surface area (Å²) in [6.45, 7) is 3.01. The second kappa shape index (κ2) is 14.1. The quantitative estimate of drug-likeness (QED) is 0.386. The maximum atomic E-state index is 11.3. The highest BCUT2D eigenvalue weighted by Gasteiger charge is 2.00. The van der Waals surface area contributed by atoms with Crippen LogP contribution in [-0.4, -0.2) is 51.3 Å². The van der Waals surface area contributed by atoms with Crippen LogP contribution in [0.1, 0.15) is 25.7 Å². The second-order valence-electron chi connectivity index (χ2n) is 3.65. The molecule has 0 bridgehead atoms. The van der Waals surface area contributed by atoms with Crippen molar-refractivity contribution in [3.63, 3.8) is 0 Å². The van der Waals surface area contributed by atoms with Gasteiger partial charge in [-0.15, -0.1) is 0 Å². The summed E-state index contributed by atoms with van der Waals surface area (Å²) in [4.78, 5) is 11.3. The highest BCUT2D eigenvalue weighted by Crippen LogP contribution is 2.01. The number of ketones is 1. The van der Waals surface area contributed by atoms with Crippen LogP contribution in [0.5, 0.6) is 0 Å². The molecule has 0 aliphatic carbocycles. The van der Waals surface area contributed by atoms with E-state index in [1.165, 1.54) is 0 Å². The molecular weight excluding hydrogens is 288 g/mol. The van der Waals surface area contributed by atoms with E-state index < -0.39 is 0 Å². The smallest absolute Gasteiger partial charge is 0.133 e. The highest BCUT2D eigenvalue weighted by molar-refractivity contribution is 9.09. The summed E-state index contributed by atoms with van der Waals surface area (Å²) in [6, 6.07) is 0. The molecule has 0 aromatic carbocycles. The molecule has 0 unspecified atom stereocenters. The van der Waals surface area contributed by atoms with Gasteiger partial charge in [-0.1, -0.05) is 15.9 Å². The molecule has 102 valence electrons. The summed E-state index contributed by atoms with van der Waals surface area (Å²) in [5.41, 5.74) is 0. The number of methoxy groups -OCH3 is 1. The number of hydrogen-bond acceptors (Lipinski definition) is 4. The standard InChI is InChI=1S/C12H23BrO4/c1-15-8-9-17-11-10-16-7-3-5-12(14)4-2-6-13/h2-11H2,1H3. The Bertz CT molecular complexity index is 176. The van der Waals surface area contributed by atoms with Gasteiger partial charge in [0.15, 0.2) is 0 Å². The van der Waals surface area contributed by atoms with Crippen LogP contribution in [0.3, 0.4) is 0 Å². The minimum Gasteiger partial charge on any atom is -0.382 e. The first kappa shape index (κ1) is 17.0. The zero-order valence-electron chi connectivity index (χ0n) is 10.6. The number of hydrogen-bond donors (Lipinski definition) is 0. The summed E-state index contributed by atoms with van der Waals surface area (Å²) >= 11 is 3.31. The molecule has 0 radical (unpaired) electrons. The van der Waals surface area contributed by atoms with Crippen LogP contribution in [0, 0.1) is 0 Å². The molecule has 0 aliphatic rings. The lowest BCUT2D eigenvalue weighted by molar-refractivity contribution is -0.119. The normalized spacial score (nSPS) is 10.7. The third-order valence-electron chi connectivity index (χ3n) is 2.14. The Morgan fingerprint density at radius 1 is 0.941 bits per heavy atom. The van der Waals surface area contributed by atoms with Crippen LogP contribution in [0.15, 0.2) is 0 Å². The molecule has 0 N–H and O–H groups in total. The SMILES string of the molecule is COCCOCCOCCCC(=O)CCCBr. The van der Waals surface area contributed by atoms with Crippen LogP contribution in [0.25, 0.3) is 0 Å². The van der Waals surface area contributed by atoms with Crippen molar-refractivity contribution in [3.05, 3.63) is 0 Å². The van der Waals surface area contributed by atoms with Crippen molar-refractivity contribution in [2.75, 3.05) is 45.5 Å². The fourth-order valence-corrected chi connectivity index (χ4v) is 1.50. The molecule has 0 aromatic rings. The van der Waals surface area contributed by atoms with Gasteiger partial charge in [-0.3, -0.25) is 4.79 Å². The lowest BCUT2D eigenvalue weighted by Crippen LogP contribution is -2.09. The average Bonchev–Trinajstić information content (AvgIpc) is 2.34. The second-order valence-corrected chi connectivity index (χ2v) is 4.45. The summed E-state index contributed by atoms with van der Waals surface area (Å²) < 4.78 is 15.4. The largest absolute Gasteiger partial charge is 0.382 e. The first-order chi connectivity index (χ1) is 8.31. The van der Waals surface area contributed by atoms with Crippen molar-refractivity contribution >= 4 is 21.7 Å². The molecule has 0 saturated heterocycles. The van der Waals surface area contributed by atoms with E-state index >= 15 is 0 Å². The minimum atomic E-state index is 0.324. The molecule has 4 nitrogen and oxygen atoms in total. The molecule has 0 aliphatic heterocycles. The number of ether oxygens (including phenoxy) is 3. The number of Topliss-reactive ketones (excluding diaryl/α,β-unsaturated/α-hetero) is 1. The molecular formula is C12H23BrO4. The Morgan fingerprint density at radius 3 is 2.18 bits per heavy atom. The van der Waals surface area contributed by atoms with E-state index in [0.717, 1.165) is 18.2 Å². The molecule has 0 amide bonds. The predicted molar refractivity (Wildman–Crippen MR) is 70.8 cm³/mol. The summed E-state index contributed by atoms with van der Waals surface area (Å²) in [6.07, 6.45) is 3.02. The van der Waals surface area contributed by atoms with Gasteiger partial charge in [-0.05, 0) is 12.8 Å². The maximum Gasteiger partial charge on any atom is 0.133 e. The lowest BCUT2D eigenvalue weighted by atomic mass is 10.1. The minimum absolute atomic E-state index is 0.324. The van der Waals surface area contributed by atoms with E-state index in [2.05, 4.69) is 15.9 Å². The first-order valence-corrected chi connectivity index (χ1v) is 7.15. The Kier molecular flexibility index (Phi) is 14.1. The van der Waals surface area contributed by atoms with Crippen LogP contribution < -0.4 is 0 Å². The lowest BCUT2D eigenvalue weighted by Gasteiger charge is -2.05. The molecule has 0 spiro atoms. The number of carbonyl (C=O) groups is 1. The van der Waals surface area contributed by atoms with Crippen LogP contribution >= 0.6 is 15.9 Å². The van der Waals surface area contributed by atoms with Crippen LogP contribution in [-0.2, 0) is 19.0 Å². The van der Waals surface area contributed by atoms with Gasteiger partial charge >= 0.3 is 0 Å². The molecule has 5 heteroatoms. The fourth-order valence-electron chi connectivity index (χ4n) is 1.22. The van der Waals surface area contributed by atoms with E-state index in [4.69, 9.17) is 14.2 Å². The molecule has 0 aromatic heterocycles. The molecule has 0 fully saturated rings. The van der Waals surface area contributed by atoms with Crippen molar-refractivity contribution in [1.29, 1.82) is 0 Å². The number of halogens is 1. The van der Waals surface area contributed by atoms with Crippen molar-refractivity contribution in [1.82, 2.24) is 0 Å². The highest BCUT2D eigenvalue weighted by atomic mass is 79.9. The van der Waals surface area contributed by atoms with E-state index in [1.54, 1.807) is 7.11 Å². The van der Waals surface area contributed by atoms with E-state index in [1.807, 2.05) is 0 Å². The Morgan fingerprint density at radius 2 is 1.53 bits per heavy atom. The third-order valence-corrected chi connectivity index (χ3v) is 2.70. The zero-order valence-corrected chi connectivity index (χ0v) is 12.2. The molecule has 0 atom stereocenters. The van der Waals surface area contributed by atoms with Crippen LogP contribution in [0.2, 0.25) is 0 Å². The fraction of sp³-hybridized carbons (Fsp3) is 0.917. The Labute approximate surface area is 112 Å². The monoisotopic (exact) mass is 310 g/mol. The van der Waals surface area contributed by atoms with Crippen LogP contribution in [0.4, 0.5) is 0 Å². The summed E-state index contributed by atoms with van der Waals surface area (Å²) in [5.74, 6) is 0.324. The van der Waals surface area contributed by atoms with Crippen molar-refractivity contribution in [3.8, 4) is 0 Å². The molecule has 17 heavy (non-hydrogen) atoms. The van der Waals surface area contributed by atoms with Gasteiger partial charge in [0, 0.05) is 31.9 Å². The number of carbonyl (C=O) groups excluding carboxylic acids is 1. The van der Waals surface area contributed by atoms with Gasteiger partial charge in [0.05, 0.1) is 26.4 Å².